The summed E-state index contributed by atoms with van der Waals surface area (Å²) in [5, 5.41) is 3.65. The van der Waals surface area contributed by atoms with Gasteiger partial charge in [-0.2, -0.15) is 0 Å². The second-order valence-electron chi connectivity index (χ2n) is 7.32. The Hall–Kier alpha value is -1.02. The molecular weight excluding hydrogens is 258 g/mol. The highest BCUT2D eigenvalue weighted by atomic mass is 16.3. The number of aryl methyl sites for hydroxylation is 1. The van der Waals surface area contributed by atoms with E-state index < -0.39 is 0 Å². The van der Waals surface area contributed by atoms with Crippen molar-refractivity contribution in [2.24, 2.45) is 5.92 Å². The van der Waals surface area contributed by atoms with E-state index in [-0.39, 0.29) is 5.54 Å². The van der Waals surface area contributed by atoms with E-state index in [9.17, 15) is 0 Å². The van der Waals surface area contributed by atoms with E-state index in [1.54, 1.807) is 0 Å². The molecule has 1 aliphatic carbocycles. The van der Waals surface area contributed by atoms with Crippen molar-refractivity contribution >= 4 is 6.08 Å². The fraction of sp³-hybridized carbons (Fsp3) is 0.684. The zero-order chi connectivity index (χ0) is 15.3. The highest BCUT2D eigenvalue weighted by Crippen LogP contribution is 2.31. The normalized spacial score (nSPS) is 18.2. The Balaban J connectivity index is 2.13. The van der Waals surface area contributed by atoms with Gasteiger partial charge in [-0.15, -0.1) is 0 Å². The summed E-state index contributed by atoms with van der Waals surface area (Å²) in [4.78, 5) is 0. The molecule has 0 radical (unpaired) electrons. The predicted molar refractivity (Wildman–Crippen MR) is 90.4 cm³/mol. The van der Waals surface area contributed by atoms with Gasteiger partial charge in [0.05, 0.1) is 0 Å². The van der Waals surface area contributed by atoms with Crippen molar-refractivity contribution in [2.45, 2.75) is 71.8 Å². The molecule has 2 heteroatoms. The maximum absolute atomic E-state index is 5.88. The van der Waals surface area contributed by atoms with Crippen LogP contribution in [0.25, 0.3) is 6.08 Å². The molecule has 21 heavy (non-hydrogen) atoms. The molecule has 1 aromatic rings. The number of nitrogens with one attached hydrogen (secondary N) is 1. The van der Waals surface area contributed by atoms with Crippen LogP contribution in [0, 0.1) is 5.92 Å². The fourth-order valence-electron chi connectivity index (χ4n) is 3.00. The first-order valence-corrected chi connectivity index (χ1v) is 8.52. The molecule has 0 amide bonds. The van der Waals surface area contributed by atoms with Gasteiger partial charge in [-0.1, -0.05) is 26.2 Å². The van der Waals surface area contributed by atoms with Gasteiger partial charge in [0.25, 0.3) is 0 Å². The van der Waals surface area contributed by atoms with Gasteiger partial charge >= 0.3 is 0 Å². The van der Waals surface area contributed by atoms with E-state index >= 15 is 0 Å². The molecular formula is C19H31NO. The van der Waals surface area contributed by atoms with Gasteiger partial charge in [0.15, 0.2) is 0 Å². The van der Waals surface area contributed by atoms with Crippen molar-refractivity contribution in [1.29, 1.82) is 0 Å². The fourth-order valence-corrected chi connectivity index (χ4v) is 3.00. The molecule has 1 aromatic heterocycles. The summed E-state index contributed by atoms with van der Waals surface area (Å²) in [6.07, 6.45) is 10.1. The van der Waals surface area contributed by atoms with Crippen LogP contribution < -0.4 is 5.32 Å². The van der Waals surface area contributed by atoms with Crippen molar-refractivity contribution in [3.63, 3.8) is 0 Å². The summed E-state index contributed by atoms with van der Waals surface area (Å²) in [5.74, 6) is 2.82. The lowest BCUT2D eigenvalue weighted by Gasteiger charge is -2.28. The molecule has 1 saturated carbocycles. The van der Waals surface area contributed by atoms with Crippen LogP contribution in [0.15, 0.2) is 22.1 Å². The molecule has 1 heterocycles. The maximum Gasteiger partial charge on any atom is 0.127 e. The summed E-state index contributed by atoms with van der Waals surface area (Å²) in [7, 11) is 0. The van der Waals surface area contributed by atoms with Gasteiger partial charge in [-0.25, -0.2) is 0 Å². The summed E-state index contributed by atoms with van der Waals surface area (Å²) < 4.78 is 5.88. The van der Waals surface area contributed by atoms with Crippen LogP contribution >= 0.6 is 0 Å². The van der Waals surface area contributed by atoms with E-state index in [0.29, 0.717) is 0 Å². The van der Waals surface area contributed by atoms with E-state index in [1.165, 1.54) is 37.7 Å². The third-order valence-electron chi connectivity index (χ3n) is 4.31. The zero-order valence-corrected chi connectivity index (χ0v) is 14.2. The highest BCUT2D eigenvalue weighted by Gasteiger charge is 2.20. The molecule has 0 bridgehead atoms. The van der Waals surface area contributed by atoms with Crippen LogP contribution in [0.5, 0.6) is 0 Å². The Morgan fingerprint density at radius 3 is 2.52 bits per heavy atom. The Morgan fingerprint density at radius 1 is 1.24 bits per heavy atom. The first-order chi connectivity index (χ1) is 9.98. The average Bonchev–Trinajstić information content (AvgIpc) is 2.91. The molecule has 2 nitrogen and oxygen atoms in total. The number of hydrogen-bond donors (Lipinski definition) is 1. The van der Waals surface area contributed by atoms with Crippen LogP contribution in [-0.2, 0) is 6.42 Å². The molecule has 0 atom stereocenters. The molecule has 1 N–H and O–H groups in total. The minimum atomic E-state index is 0.158. The lowest BCUT2D eigenvalue weighted by Crippen LogP contribution is -2.38. The van der Waals surface area contributed by atoms with E-state index in [2.05, 4.69) is 51.2 Å². The van der Waals surface area contributed by atoms with E-state index in [1.807, 2.05) is 0 Å². The van der Waals surface area contributed by atoms with Crippen molar-refractivity contribution in [2.75, 3.05) is 6.54 Å². The second kappa shape index (κ2) is 7.31. The first kappa shape index (κ1) is 16.4. The van der Waals surface area contributed by atoms with Crippen LogP contribution in [-0.4, -0.2) is 12.1 Å². The Bertz CT molecular complexity index is 458. The van der Waals surface area contributed by atoms with Crippen LogP contribution in [0.4, 0.5) is 0 Å². The maximum atomic E-state index is 5.88. The largest absolute Gasteiger partial charge is 0.462 e. The second-order valence-corrected chi connectivity index (χ2v) is 7.32. The summed E-state index contributed by atoms with van der Waals surface area (Å²) in [5.41, 5.74) is 1.67. The molecule has 0 aliphatic heterocycles. The SMILES string of the molecule is CCc1ccc(/C=C(/CNC(C)(C)C)C2CCCCC2)o1. The number of furan rings is 1. The Labute approximate surface area is 130 Å². The van der Waals surface area contributed by atoms with Crippen molar-refractivity contribution in [3.8, 4) is 0 Å². The molecule has 0 saturated heterocycles. The van der Waals surface area contributed by atoms with Crippen molar-refractivity contribution < 1.29 is 4.42 Å². The topological polar surface area (TPSA) is 25.2 Å². The van der Waals surface area contributed by atoms with Gasteiger partial charge in [0.1, 0.15) is 11.5 Å². The predicted octanol–water partition coefficient (Wildman–Crippen LogP) is 5.19. The minimum absolute atomic E-state index is 0.158. The van der Waals surface area contributed by atoms with Crippen LogP contribution in [0.1, 0.15) is 71.3 Å². The molecule has 118 valence electrons. The monoisotopic (exact) mass is 289 g/mol. The highest BCUT2D eigenvalue weighted by molar-refractivity contribution is 5.49. The van der Waals surface area contributed by atoms with Crippen molar-refractivity contribution in [1.82, 2.24) is 5.32 Å². The van der Waals surface area contributed by atoms with Crippen LogP contribution in [0.3, 0.4) is 0 Å². The average molecular weight is 289 g/mol. The molecule has 0 aromatic carbocycles. The third kappa shape index (κ3) is 5.35. The van der Waals surface area contributed by atoms with E-state index in [0.717, 1.165) is 30.4 Å². The molecule has 2 rings (SSSR count). The minimum Gasteiger partial charge on any atom is -0.462 e. The number of hydrogen-bond acceptors (Lipinski definition) is 2. The van der Waals surface area contributed by atoms with Gasteiger partial charge < -0.3 is 9.73 Å². The zero-order valence-electron chi connectivity index (χ0n) is 14.2. The van der Waals surface area contributed by atoms with Crippen molar-refractivity contribution in [3.05, 3.63) is 29.2 Å². The Kier molecular flexibility index (Phi) is 5.69. The summed E-state index contributed by atoms with van der Waals surface area (Å²) >= 11 is 0. The first-order valence-electron chi connectivity index (χ1n) is 8.52. The quantitative estimate of drug-likeness (QED) is 0.806. The molecule has 0 unspecified atom stereocenters. The molecule has 1 aliphatic rings. The molecule has 0 spiro atoms. The van der Waals surface area contributed by atoms with Crippen LogP contribution in [0.2, 0.25) is 0 Å². The number of rotatable bonds is 5. The summed E-state index contributed by atoms with van der Waals surface area (Å²) in [6, 6.07) is 4.21. The van der Waals surface area contributed by atoms with Gasteiger partial charge in [0.2, 0.25) is 0 Å². The van der Waals surface area contributed by atoms with Gasteiger partial charge in [0, 0.05) is 18.5 Å². The van der Waals surface area contributed by atoms with Gasteiger partial charge in [-0.3, -0.25) is 0 Å². The third-order valence-corrected chi connectivity index (χ3v) is 4.31. The standard InChI is InChI=1S/C19H31NO/c1-5-17-11-12-18(21-17)13-16(14-20-19(2,3)4)15-9-7-6-8-10-15/h11-13,15,20H,5-10,14H2,1-4H3/b16-13-. The lowest BCUT2D eigenvalue weighted by molar-refractivity contribution is 0.377. The molecule has 1 fully saturated rings. The Morgan fingerprint density at radius 2 is 1.95 bits per heavy atom. The lowest BCUT2D eigenvalue weighted by atomic mass is 9.83. The summed E-state index contributed by atoms with van der Waals surface area (Å²) in [6.45, 7) is 9.79. The smallest absolute Gasteiger partial charge is 0.127 e. The van der Waals surface area contributed by atoms with Gasteiger partial charge in [-0.05, 0) is 63.3 Å². The van der Waals surface area contributed by atoms with E-state index in [4.69, 9.17) is 4.42 Å².